The van der Waals surface area contributed by atoms with Crippen molar-refractivity contribution in [2.75, 3.05) is 33.3 Å². The van der Waals surface area contributed by atoms with Gasteiger partial charge in [0.1, 0.15) is 11.6 Å². The van der Waals surface area contributed by atoms with Crippen LogP contribution in [0.2, 0.25) is 0 Å². The van der Waals surface area contributed by atoms with E-state index in [2.05, 4.69) is 27.3 Å². The SMILES string of the molecule is COc1ccccc1CN=C(c1cc[nH]c1)N1CCNCC1. The van der Waals surface area contributed by atoms with E-state index in [0.29, 0.717) is 6.54 Å². The second-order valence-corrected chi connectivity index (χ2v) is 5.29. The average molecular weight is 298 g/mol. The molecule has 5 nitrogen and oxygen atoms in total. The Hall–Kier alpha value is -2.27. The highest BCUT2D eigenvalue weighted by molar-refractivity contribution is 5.98. The third-order valence-corrected chi connectivity index (χ3v) is 3.86. The third kappa shape index (κ3) is 3.31. The van der Waals surface area contributed by atoms with Crippen molar-refractivity contribution in [3.63, 3.8) is 0 Å². The third-order valence-electron chi connectivity index (χ3n) is 3.86. The summed E-state index contributed by atoms with van der Waals surface area (Å²) in [4.78, 5) is 10.3. The summed E-state index contributed by atoms with van der Waals surface area (Å²) in [5, 5.41) is 3.38. The van der Waals surface area contributed by atoms with Gasteiger partial charge in [-0.25, -0.2) is 0 Å². The molecule has 116 valence electrons. The molecule has 1 aromatic heterocycles. The van der Waals surface area contributed by atoms with Crippen molar-refractivity contribution in [1.29, 1.82) is 0 Å². The molecule has 2 heterocycles. The highest BCUT2D eigenvalue weighted by Gasteiger charge is 2.16. The van der Waals surface area contributed by atoms with Gasteiger partial charge in [-0.05, 0) is 12.1 Å². The number of aliphatic imine (C=N–C) groups is 1. The molecule has 1 aliphatic rings. The molecule has 1 aliphatic heterocycles. The van der Waals surface area contributed by atoms with Crippen LogP contribution >= 0.6 is 0 Å². The van der Waals surface area contributed by atoms with E-state index in [4.69, 9.17) is 9.73 Å². The van der Waals surface area contributed by atoms with E-state index >= 15 is 0 Å². The van der Waals surface area contributed by atoms with Gasteiger partial charge in [-0.3, -0.25) is 4.99 Å². The first-order chi connectivity index (χ1) is 10.9. The van der Waals surface area contributed by atoms with Crippen LogP contribution in [0.15, 0.2) is 47.7 Å². The van der Waals surface area contributed by atoms with Crippen molar-refractivity contribution < 1.29 is 4.74 Å². The van der Waals surface area contributed by atoms with Gasteiger partial charge in [-0.2, -0.15) is 0 Å². The lowest BCUT2D eigenvalue weighted by Crippen LogP contribution is -2.46. The number of benzene rings is 1. The molecule has 1 fully saturated rings. The molecule has 0 bridgehead atoms. The van der Waals surface area contributed by atoms with Gasteiger partial charge in [0.15, 0.2) is 0 Å². The maximum Gasteiger partial charge on any atom is 0.132 e. The zero-order valence-corrected chi connectivity index (χ0v) is 12.9. The zero-order valence-electron chi connectivity index (χ0n) is 12.9. The average Bonchev–Trinajstić information content (AvgIpc) is 3.11. The monoisotopic (exact) mass is 298 g/mol. The highest BCUT2D eigenvalue weighted by Crippen LogP contribution is 2.19. The summed E-state index contributed by atoms with van der Waals surface area (Å²) >= 11 is 0. The number of ether oxygens (including phenoxy) is 1. The van der Waals surface area contributed by atoms with Crippen LogP contribution in [0.4, 0.5) is 0 Å². The number of nitrogens with zero attached hydrogens (tertiary/aromatic N) is 2. The lowest BCUT2D eigenvalue weighted by Gasteiger charge is -2.30. The van der Waals surface area contributed by atoms with Crippen LogP contribution in [-0.2, 0) is 6.54 Å². The quantitative estimate of drug-likeness (QED) is 0.669. The Labute approximate surface area is 131 Å². The predicted molar refractivity (Wildman–Crippen MR) is 88.5 cm³/mol. The lowest BCUT2D eigenvalue weighted by molar-refractivity contribution is 0.356. The first kappa shape index (κ1) is 14.7. The number of piperazine rings is 1. The largest absolute Gasteiger partial charge is 0.496 e. The van der Waals surface area contributed by atoms with Gasteiger partial charge in [0.05, 0.1) is 13.7 Å². The van der Waals surface area contributed by atoms with Crippen molar-refractivity contribution in [2.45, 2.75) is 6.54 Å². The number of aromatic amines is 1. The summed E-state index contributed by atoms with van der Waals surface area (Å²) in [6.07, 6.45) is 3.94. The van der Waals surface area contributed by atoms with Gasteiger partial charge in [-0.15, -0.1) is 0 Å². The molecule has 0 saturated carbocycles. The number of amidine groups is 1. The number of H-pyrrole nitrogens is 1. The van der Waals surface area contributed by atoms with Gasteiger partial charge < -0.3 is 19.9 Å². The minimum Gasteiger partial charge on any atom is -0.496 e. The molecular formula is C17H22N4O. The fourth-order valence-electron chi connectivity index (χ4n) is 2.71. The molecule has 0 spiro atoms. The molecular weight excluding hydrogens is 276 g/mol. The maximum absolute atomic E-state index is 5.41. The van der Waals surface area contributed by atoms with Crippen molar-refractivity contribution >= 4 is 5.84 Å². The van der Waals surface area contributed by atoms with Crippen LogP contribution < -0.4 is 10.1 Å². The van der Waals surface area contributed by atoms with E-state index in [1.807, 2.05) is 30.6 Å². The maximum atomic E-state index is 5.41. The summed E-state index contributed by atoms with van der Waals surface area (Å²) in [6, 6.07) is 10.1. The second kappa shape index (κ2) is 7.13. The van der Waals surface area contributed by atoms with Crippen LogP contribution in [0.5, 0.6) is 5.75 Å². The minimum atomic E-state index is 0.619. The molecule has 0 aliphatic carbocycles. The highest BCUT2D eigenvalue weighted by atomic mass is 16.5. The zero-order chi connectivity index (χ0) is 15.2. The molecule has 22 heavy (non-hydrogen) atoms. The molecule has 1 aromatic carbocycles. The number of para-hydroxylation sites is 1. The van der Waals surface area contributed by atoms with Gasteiger partial charge in [-0.1, -0.05) is 18.2 Å². The first-order valence-electron chi connectivity index (χ1n) is 7.63. The van der Waals surface area contributed by atoms with E-state index in [1.54, 1.807) is 7.11 Å². The van der Waals surface area contributed by atoms with Crippen LogP contribution in [0.3, 0.4) is 0 Å². The number of nitrogens with one attached hydrogen (secondary N) is 2. The summed E-state index contributed by atoms with van der Waals surface area (Å²) < 4.78 is 5.41. The lowest BCUT2D eigenvalue weighted by atomic mass is 10.2. The van der Waals surface area contributed by atoms with E-state index in [-0.39, 0.29) is 0 Å². The molecule has 2 aromatic rings. The number of aromatic nitrogens is 1. The molecule has 0 radical (unpaired) electrons. The Morgan fingerprint density at radius 3 is 2.77 bits per heavy atom. The normalized spacial score (nSPS) is 15.9. The van der Waals surface area contributed by atoms with Crippen molar-refractivity contribution in [2.24, 2.45) is 4.99 Å². The Kier molecular flexibility index (Phi) is 4.75. The van der Waals surface area contributed by atoms with Gasteiger partial charge >= 0.3 is 0 Å². The predicted octanol–water partition coefficient (Wildman–Crippen LogP) is 1.88. The van der Waals surface area contributed by atoms with Gasteiger partial charge in [0, 0.05) is 49.7 Å². The number of methoxy groups -OCH3 is 1. The molecule has 3 rings (SSSR count). The van der Waals surface area contributed by atoms with Crippen LogP contribution in [-0.4, -0.2) is 49.0 Å². The Morgan fingerprint density at radius 2 is 2.05 bits per heavy atom. The summed E-state index contributed by atoms with van der Waals surface area (Å²) in [6.45, 7) is 4.58. The minimum absolute atomic E-state index is 0.619. The summed E-state index contributed by atoms with van der Waals surface area (Å²) in [5.41, 5.74) is 2.24. The second-order valence-electron chi connectivity index (χ2n) is 5.29. The van der Waals surface area contributed by atoms with Crippen molar-refractivity contribution in [1.82, 2.24) is 15.2 Å². The molecule has 0 atom stereocenters. The van der Waals surface area contributed by atoms with Crippen LogP contribution in [0.1, 0.15) is 11.1 Å². The van der Waals surface area contributed by atoms with E-state index in [9.17, 15) is 0 Å². The molecule has 0 amide bonds. The van der Waals surface area contributed by atoms with Crippen molar-refractivity contribution in [3.05, 3.63) is 53.9 Å². The van der Waals surface area contributed by atoms with Crippen LogP contribution in [0.25, 0.3) is 0 Å². The fraction of sp³-hybridized carbons (Fsp3) is 0.353. The van der Waals surface area contributed by atoms with Gasteiger partial charge in [0.25, 0.3) is 0 Å². The van der Waals surface area contributed by atoms with Gasteiger partial charge in [0.2, 0.25) is 0 Å². The summed E-state index contributed by atoms with van der Waals surface area (Å²) in [7, 11) is 1.70. The van der Waals surface area contributed by atoms with Crippen molar-refractivity contribution in [3.8, 4) is 5.75 Å². The number of hydrogen-bond donors (Lipinski definition) is 2. The Balaban J connectivity index is 1.85. The Bertz CT molecular complexity index is 615. The van der Waals surface area contributed by atoms with E-state index < -0.39 is 0 Å². The fourth-order valence-corrected chi connectivity index (χ4v) is 2.71. The molecule has 5 heteroatoms. The first-order valence-corrected chi connectivity index (χ1v) is 7.63. The topological polar surface area (TPSA) is 52.6 Å². The van der Waals surface area contributed by atoms with E-state index in [1.165, 1.54) is 0 Å². The number of hydrogen-bond acceptors (Lipinski definition) is 3. The molecule has 0 unspecified atom stereocenters. The van der Waals surface area contributed by atoms with Crippen LogP contribution in [0, 0.1) is 0 Å². The molecule has 2 N–H and O–H groups in total. The summed E-state index contributed by atoms with van der Waals surface area (Å²) in [5.74, 6) is 1.94. The Morgan fingerprint density at radius 1 is 1.23 bits per heavy atom. The standard InChI is InChI=1S/C17H22N4O/c1-22-16-5-3-2-4-14(16)13-20-17(15-6-7-19-12-15)21-10-8-18-9-11-21/h2-7,12,18-19H,8-11,13H2,1H3. The number of rotatable bonds is 4. The molecule has 1 saturated heterocycles. The van der Waals surface area contributed by atoms with E-state index in [0.717, 1.165) is 48.9 Å². The smallest absolute Gasteiger partial charge is 0.132 e.